The summed E-state index contributed by atoms with van der Waals surface area (Å²) in [5.41, 5.74) is 6.50. The van der Waals surface area contributed by atoms with Crippen molar-refractivity contribution < 1.29 is 5.11 Å². The fraction of sp³-hybridized carbons (Fsp3) is 0.500. The zero-order chi connectivity index (χ0) is 10.4. The molecule has 4 heteroatoms. The van der Waals surface area contributed by atoms with Crippen LogP contribution in [0.4, 0.5) is 0 Å². The van der Waals surface area contributed by atoms with Crippen molar-refractivity contribution in [1.82, 2.24) is 9.88 Å². The van der Waals surface area contributed by atoms with E-state index < -0.39 is 0 Å². The summed E-state index contributed by atoms with van der Waals surface area (Å²) in [7, 11) is 1.93. The van der Waals surface area contributed by atoms with E-state index in [0.717, 1.165) is 5.69 Å². The van der Waals surface area contributed by atoms with Crippen molar-refractivity contribution in [3.05, 3.63) is 30.1 Å². The standard InChI is InChI=1S/C10H17N3O/c1-13(10(6-11)8-14)7-9-4-2-3-5-12-9/h2-5,10,14H,6-8,11H2,1H3. The lowest BCUT2D eigenvalue weighted by Gasteiger charge is -2.24. The fourth-order valence-electron chi connectivity index (χ4n) is 1.27. The highest BCUT2D eigenvalue weighted by Gasteiger charge is 2.11. The number of aromatic nitrogens is 1. The van der Waals surface area contributed by atoms with Crippen LogP contribution >= 0.6 is 0 Å². The maximum Gasteiger partial charge on any atom is 0.0599 e. The van der Waals surface area contributed by atoms with Crippen LogP contribution in [-0.2, 0) is 6.54 Å². The van der Waals surface area contributed by atoms with E-state index in [4.69, 9.17) is 10.8 Å². The number of rotatable bonds is 5. The minimum absolute atomic E-state index is 0.0111. The van der Waals surface area contributed by atoms with Crippen LogP contribution in [0.25, 0.3) is 0 Å². The number of nitrogens with zero attached hydrogens (tertiary/aromatic N) is 2. The topological polar surface area (TPSA) is 62.4 Å². The van der Waals surface area contributed by atoms with Crippen molar-refractivity contribution in [3.63, 3.8) is 0 Å². The number of aliphatic hydroxyl groups is 1. The van der Waals surface area contributed by atoms with Crippen LogP contribution in [0.3, 0.4) is 0 Å². The number of hydrogen-bond acceptors (Lipinski definition) is 4. The lowest BCUT2D eigenvalue weighted by molar-refractivity contribution is 0.145. The van der Waals surface area contributed by atoms with Crippen LogP contribution in [0.2, 0.25) is 0 Å². The summed E-state index contributed by atoms with van der Waals surface area (Å²) in [5, 5.41) is 9.03. The molecule has 0 amide bonds. The summed E-state index contributed by atoms with van der Waals surface area (Å²) >= 11 is 0. The third-order valence-corrected chi connectivity index (χ3v) is 2.24. The molecule has 0 aromatic carbocycles. The molecule has 78 valence electrons. The first-order valence-corrected chi connectivity index (χ1v) is 4.69. The monoisotopic (exact) mass is 195 g/mol. The van der Waals surface area contributed by atoms with Gasteiger partial charge in [-0.15, -0.1) is 0 Å². The Morgan fingerprint density at radius 2 is 2.36 bits per heavy atom. The van der Waals surface area contributed by atoms with Gasteiger partial charge in [-0.25, -0.2) is 0 Å². The van der Waals surface area contributed by atoms with Gasteiger partial charge in [0.2, 0.25) is 0 Å². The average Bonchev–Trinajstić information content (AvgIpc) is 2.21. The van der Waals surface area contributed by atoms with Gasteiger partial charge < -0.3 is 10.8 Å². The first kappa shape index (κ1) is 11.1. The zero-order valence-electron chi connectivity index (χ0n) is 8.43. The van der Waals surface area contributed by atoms with Crippen molar-refractivity contribution in [3.8, 4) is 0 Å². The third-order valence-electron chi connectivity index (χ3n) is 2.24. The summed E-state index contributed by atoms with van der Waals surface area (Å²) in [6, 6.07) is 5.81. The van der Waals surface area contributed by atoms with E-state index in [2.05, 4.69) is 4.98 Å². The first-order chi connectivity index (χ1) is 6.77. The minimum atomic E-state index is 0.0111. The Morgan fingerprint density at radius 1 is 1.57 bits per heavy atom. The molecule has 0 radical (unpaired) electrons. The summed E-state index contributed by atoms with van der Waals surface area (Å²) in [5.74, 6) is 0. The molecule has 1 atom stereocenters. The van der Waals surface area contributed by atoms with Crippen LogP contribution in [0.15, 0.2) is 24.4 Å². The Balaban J connectivity index is 2.52. The molecular weight excluding hydrogens is 178 g/mol. The van der Waals surface area contributed by atoms with Crippen LogP contribution in [0.5, 0.6) is 0 Å². The molecule has 14 heavy (non-hydrogen) atoms. The van der Waals surface area contributed by atoms with E-state index in [0.29, 0.717) is 13.1 Å². The molecule has 1 aromatic rings. The highest BCUT2D eigenvalue weighted by atomic mass is 16.3. The lowest BCUT2D eigenvalue weighted by atomic mass is 10.2. The van der Waals surface area contributed by atoms with Gasteiger partial charge in [-0.3, -0.25) is 9.88 Å². The molecule has 1 unspecified atom stereocenters. The number of aliphatic hydroxyl groups excluding tert-OH is 1. The van der Waals surface area contributed by atoms with Gasteiger partial charge in [0, 0.05) is 25.3 Å². The third kappa shape index (κ3) is 3.06. The van der Waals surface area contributed by atoms with E-state index >= 15 is 0 Å². The largest absolute Gasteiger partial charge is 0.395 e. The van der Waals surface area contributed by atoms with Gasteiger partial charge in [0.25, 0.3) is 0 Å². The maximum absolute atomic E-state index is 9.03. The summed E-state index contributed by atoms with van der Waals surface area (Å²) in [4.78, 5) is 6.21. The zero-order valence-corrected chi connectivity index (χ0v) is 8.43. The number of likely N-dealkylation sites (N-methyl/N-ethyl adjacent to an activating group) is 1. The Morgan fingerprint density at radius 3 is 2.86 bits per heavy atom. The molecule has 0 aliphatic heterocycles. The lowest BCUT2D eigenvalue weighted by Crippen LogP contribution is -2.40. The molecule has 0 bridgehead atoms. The minimum Gasteiger partial charge on any atom is -0.395 e. The summed E-state index contributed by atoms with van der Waals surface area (Å²) in [6.45, 7) is 1.25. The Bertz CT molecular complexity index is 249. The molecular formula is C10H17N3O. The first-order valence-electron chi connectivity index (χ1n) is 4.69. The van der Waals surface area contributed by atoms with E-state index in [1.54, 1.807) is 6.20 Å². The van der Waals surface area contributed by atoms with Gasteiger partial charge in [0.15, 0.2) is 0 Å². The van der Waals surface area contributed by atoms with Crippen molar-refractivity contribution >= 4 is 0 Å². The Hall–Kier alpha value is -0.970. The summed E-state index contributed by atoms with van der Waals surface area (Å²) < 4.78 is 0. The number of pyridine rings is 1. The molecule has 0 fully saturated rings. The van der Waals surface area contributed by atoms with Gasteiger partial charge in [-0.2, -0.15) is 0 Å². The smallest absolute Gasteiger partial charge is 0.0599 e. The normalized spacial score (nSPS) is 13.1. The second-order valence-corrected chi connectivity index (χ2v) is 3.31. The van der Waals surface area contributed by atoms with Crippen molar-refractivity contribution in [2.75, 3.05) is 20.2 Å². The van der Waals surface area contributed by atoms with Gasteiger partial charge in [0.05, 0.1) is 12.3 Å². The van der Waals surface area contributed by atoms with Crippen molar-refractivity contribution in [2.24, 2.45) is 5.73 Å². The number of nitrogens with two attached hydrogens (primary N) is 1. The molecule has 3 N–H and O–H groups in total. The van der Waals surface area contributed by atoms with Gasteiger partial charge in [-0.1, -0.05) is 6.07 Å². The van der Waals surface area contributed by atoms with E-state index in [-0.39, 0.29) is 12.6 Å². The van der Waals surface area contributed by atoms with E-state index in [1.807, 2.05) is 30.1 Å². The highest BCUT2D eigenvalue weighted by Crippen LogP contribution is 2.02. The predicted molar refractivity (Wildman–Crippen MR) is 55.6 cm³/mol. The van der Waals surface area contributed by atoms with E-state index in [1.165, 1.54) is 0 Å². The molecule has 1 heterocycles. The highest BCUT2D eigenvalue weighted by molar-refractivity contribution is 5.03. The molecule has 0 aliphatic carbocycles. The van der Waals surface area contributed by atoms with Crippen LogP contribution in [0.1, 0.15) is 5.69 Å². The van der Waals surface area contributed by atoms with Crippen molar-refractivity contribution in [1.29, 1.82) is 0 Å². The molecule has 0 spiro atoms. The van der Waals surface area contributed by atoms with Gasteiger partial charge in [-0.05, 0) is 19.2 Å². The predicted octanol–water partition coefficient (Wildman–Crippen LogP) is -0.167. The molecule has 0 saturated heterocycles. The van der Waals surface area contributed by atoms with Gasteiger partial charge >= 0.3 is 0 Å². The molecule has 1 aromatic heterocycles. The molecule has 4 nitrogen and oxygen atoms in total. The van der Waals surface area contributed by atoms with Crippen LogP contribution < -0.4 is 5.73 Å². The van der Waals surface area contributed by atoms with Crippen molar-refractivity contribution in [2.45, 2.75) is 12.6 Å². The summed E-state index contributed by atoms with van der Waals surface area (Å²) in [6.07, 6.45) is 1.76. The SMILES string of the molecule is CN(Cc1ccccn1)C(CN)CO. The Kier molecular flexibility index (Phi) is 4.52. The maximum atomic E-state index is 9.03. The van der Waals surface area contributed by atoms with Crippen LogP contribution in [0, 0.1) is 0 Å². The average molecular weight is 195 g/mol. The second kappa shape index (κ2) is 5.70. The quantitative estimate of drug-likeness (QED) is 0.685. The molecule has 1 rings (SSSR count). The van der Waals surface area contributed by atoms with Gasteiger partial charge in [0.1, 0.15) is 0 Å². The molecule has 0 saturated carbocycles. The fourth-order valence-corrected chi connectivity index (χ4v) is 1.27. The van der Waals surface area contributed by atoms with E-state index in [9.17, 15) is 0 Å². The van der Waals surface area contributed by atoms with Crippen LogP contribution in [-0.4, -0.2) is 41.2 Å². The molecule has 0 aliphatic rings. The Labute approximate surface area is 84.4 Å². The second-order valence-electron chi connectivity index (χ2n) is 3.31. The number of hydrogen-bond donors (Lipinski definition) is 2.